The number of amides is 1. The molecule has 1 N–H and O–H groups in total. The molecule has 0 saturated carbocycles. The number of benzene rings is 1. The van der Waals surface area contributed by atoms with Gasteiger partial charge in [0.25, 0.3) is 0 Å². The first-order valence-corrected chi connectivity index (χ1v) is 9.52. The fourth-order valence-corrected chi connectivity index (χ4v) is 3.41. The van der Waals surface area contributed by atoms with E-state index in [-0.39, 0.29) is 11.8 Å². The first-order valence-electron chi connectivity index (χ1n) is 9.52. The molecule has 1 aromatic carbocycles. The van der Waals surface area contributed by atoms with Gasteiger partial charge in [-0.3, -0.25) is 10.1 Å². The highest BCUT2D eigenvalue weighted by Gasteiger charge is 2.27. The van der Waals surface area contributed by atoms with Crippen LogP contribution in [0.1, 0.15) is 12.8 Å². The number of carbonyl (C=O) groups excluding carboxylic acids is 1. The molecule has 1 amide bonds. The van der Waals surface area contributed by atoms with Crippen molar-refractivity contribution in [2.75, 3.05) is 30.4 Å². The second kappa shape index (κ2) is 8.64. The number of anilines is 2. The minimum Gasteiger partial charge on any atom is -0.497 e. The summed E-state index contributed by atoms with van der Waals surface area (Å²) in [6.07, 6.45) is 6.52. The summed E-state index contributed by atoms with van der Waals surface area (Å²) in [5, 5.41) is 2.80. The molecule has 1 aliphatic rings. The SMILES string of the molecule is COc1ccc(-c2cc(N3CCCC(C(=O)Nc4ncccn4)C3)ncn2)cc1. The van der Waals surface area contributed by atoms with E-state index in [1.54, 1.807) is 31.9 Å². The maximum atomic E-state index is 12.6. The normalized spacial score (nSPS) is 16.3. The Bertz CT molecular complexity index is 964. The summed E-state index contributed by atoms with van der Waals surface area (Å²) < 4.78 is 5.21. The van der Waals surface area contributed by atoms with Gasteiger partial charge in [0, 0.05) is 37.1 Å². The average Bonchev–Trinajstić information content (AvgIpc) is 2.80. The van der Waals surface area contributed by atoms with E-state index < -0.39 is 0 Å². The second-order valence-corrected chi connectivity index (χ2v) is 6.84. The van der Waals surface area contributed by atoms with Crippen LogP contribution in [0.2, 0.25) is 0 Å². The van der Waals surface area contributed by atoms with Crippen LogP contribution in [0.25, 0.3) is 11.3 Å². The standard InChI is InChI=1S/C21H22N6O2/c1-29-17-7-5-15(6-8-17)18-12-19(25-14-24-18)27-11-2-4-16(13-27)20(28)26-21-22-9-3-10-23-21/h3,5-10,12,14,16H,2,4,11,13H2,1H3,(H,22,23,26,28). The smallest absolute Gasteiger partial charge is 0.231 e. The highest BCUT2D eigenvalue weighted by Crippen LogP contribution is 2.26. The molecule has 1 saturated heterocycles. The molecule has 0 aliphatic carbocycles. The van der Waals surface area contributed by atoms with Crippen LogP contribution in [-0.4, -0.2) is 46.0 Å². The third-order valence-corrected chi connectivity index (χ3v) is 4.96. The minimum atomic E-state index is -0.146. The van der Waals surface area contributed by atoms with E-state index in [1.165, 1.54) is 0 Å². The molecule has 148 valence electrons. The molecule has 0 bridgehead atoms. The maximum Gasteiger partial charge on any atom is 0.231 e. The van der Waals surface area contributed by atoms with Gasteiger partial charge in [0.1, 0.15) is 17.9 Å². The van der Waals surface area contributed by atoms with Crippen molar-refractivity contribution < 1.29 is 9.53 Å². The van der Waals surface area contributed by atoms with Crippen LogP contribution in [0.3, 0.4) is 0 Å². The average molecular weight is 390 g/mol. The Morgan fingerprint density at radius 3 is 2.69 bits per heavy atom. The Labute approximate surface area is 169 Å². The van der Waals surface area contributed by atoms with Crippen LogP contribution in [0.15, 0.2) is 55.1 Å². The van der Waals surface area contributed by atoms with Gasteiger partial charge in [0.2, 0.25) is 11.9 Å². The number of aromatic nitrogens is 4. The first kappa shape index (κ1) is 18.8. The predicted molar refractivity (Wildman–Crippen MR) is 110 cm³/mol. The number of methoxy groups -OCH3 is 1. The summed E-state index contributed by atoms with van der Waals surface area (Å²) in [4.78, 5) is 31.7. The zero-order valence-electron chi connectivity index (χ0n) is 16.2. The van der Waals surface area contributed by atoms with Gasteiger partial charge in [0.15, 0.2) is 0 Å². The van der Waals surface area contributed by atoms with E-state index in [2.05, 4.69) is 30.2 Å². The van der Waals surface area contributed by atoms with E-state index in [0.29, 0.717) is 12.5 Å². The number of piperidine rings is 1. The molecule has 0 spiro atoms. The predicted octanol–water partition coefficient (Wildman–Crippen LogP) is 2.80. The van der Waals surface area contributed by atoms with Crippen molar-refractivity contribution in [1.29, 1.82) is 0 Å². The summed E-state index contributed by atoms with van der Waals surface area (Å²) in [6.45, 7) is 1.45. The van der Waals surface area contributed by atoms with Crippen LogP contribution in [0.5, 0.6) is 5.75 Å². The Balaban J connectivity index is 1.47. The van der Waals surface area contributed by atoms with Gasteiger partial charge in [0.05, 0.1) is 18.7 Å². The third-order valence-electron chi connectivity index (χ3n) is 4.96. The van der Waals surface area contributed by atoms with E-state index >= 15 is 0 Å². The molecule has 1 fully saturated rings. The lowest BCUT2D eigenvalue weighted by Gasteiger charge is -2.32. The van der Waals surface area contributed by atoms with Crippen LogP contribution in [0, 0.1) is 5.92 Å². The molecule has 8 heteroatoms. The van der Waals surface area contributed by atoms with Crippen molar-refractivity contribution in [2.24, 2.45) is 5.92 Å². The van der Waals surface area contributed by atoms with Crippen molar-refractivity contribution in [1.82, 2.24) is 19.9 Å². The van der Waals surface area contributed by atoms with Crippen molar-refractivity contribution in [3.63, 3.8) is 0 Å². The summed E-state index contributed by atoms with van der Waals surface area (Å²) >= 11 is 0. The van der Waals surface area contributed by atoms with Crippen LogP contribution >= 0.6 is 0 Å². The Kier molecular flexibility index (Phi) is 5.60. The number of nitrogens with one attached hydrogen (secondary N) is 1. The molecule has 3 heterocycles. The second-order valence-electron chi connectivity index (χ2n) is 6.84. The minimum absolute atomic E-state index is 0.0645. The monoisotopic (exact) mass is 390 g/mol. The fourth-order valence-electron chi connectivity index (χ4n) is 3.41. The van der Waals surface area contributed by atoms with Crippen molar-refractivity contribution in [2.45, 2.75) is 12.8 Å². The highest BCUT2D eigenvalue weighted by atomic mass is 16.5. The molecule has 1 aliphatic heterocycles. The van der Waals surface area contributed by atoms with Gasteiger partial charge in [-0.1, -0.05) is 0 Å². The maximum absolute atomic E-state index is 12.6. The van der Waals surface area contributed by atoms with Gasteiger partial charge in [-0.2, -0.15) is 0 Å². The Morgan fingerprint density at radius 2 is 1.93 bits per heavy atom. The summed E-state index contributed by atoms with van der Waals surface area (Å²) in [7, 11) is 1.64. The number of ether oxygens (including phenoxy) is 1. The molecule has 1 unspecified atom stereocenters. The number of rotatable bonds is 5. The number of carbonyl (C=O) groups is 1. The van der Waals surface area contributed by atoms with Gasteiger partial charge >= 0.3 is 0 Å². The quantitative estimate of drug-likeness (QED) is 0.716. The molecule has 2 aromatic heterocycles. The molecular formula is C21H22N6O2. The van der Waals surface area contributed by atoms with Gasteiger partial charge in [-0.25, -0.2) is 19.9 Å². The van der Waals surface area contributed by atoms with Crippen LogP contribution in [-0.2, 0) is 4.79 Å². The zero-order chi connectivity index (χ0) is 20.1. The summed E-state index contributed by atoms with van der Waals surface area (Å²) in [5.41, 5.74) is 1.82. The molecule has 1 atom stereocenters. The lowest BCUT2D eigenvalue weighted by molar-refractivity contribution is -0.120. The van der Waals surface area contributed by atoms with Crippen molar-refractivity contribution in [3.05, 3.63) is 55.1 Å². The fraction of sp³-hybridized carbons (Fsp3) is 0.286. The Hall–Kier alpha value is -3.55. The molecule has 4 rings (SSSR count). The van der Waals surface area contributed by atoms with E-state index in [1.807, 2.05) is 30.3 Å². The van der Waals surface area contributed by atoms with E-state index in [0.717, 1.165) is 42.2 Å². The molecule has 29 heavy (non-hydrogen) atoms. The largest absolute Gasteiger partial charge is 0.497 e. The Morgan fingerprint density at radius 1 is 1.14 bits per heavy atom. The first-order chi connectivity index (χ1) is 14.2. The topological polar surface area (TPSA) is 93.1 Å². The number of nitrogens with zero attached hydrogens (tertiary/aromatic N) is 5. The van der Waals surface area contributed by atoms with Crippen molar-refractivity contribution >= 4 is 17.7 Å². The molecule has 3 aromatic rings. The summed E-state index contributed by atoms with van der Waals surface area (Å²) in [6, 6.07) is 11.4. The van der Waals surface area contributed by atoms with Crippen LogP contribution in [0.4, 0.5) is 11.8 Å². The molecule has 8 nitrogen and oxygen atoms in total. The van der Waals surface area contributed by atoms with Gasteiger partial charge in [-0.15, -0.1) is 0 Å². The van der Waals surface area contributed by atoms with Crippen LogP contribution < -0.4 is 15.0 Å². The lowest BCUT2D eigenvalue weighted by atomic mass is 9.97. The van der Waals surface area contributed by atoms with Gasteiger partial charge < -0.3 is 9.64 Å². The summed E-state index contributed by atoms with van der Waals surface area (Å²) in [5.74, 6) is 1.74. The van der Waals surface area contributed by atoms with Crippen molar-refractivity contribution in [3.8, 4) is 17.0 Å². The van der Waals surface area contributed by atoms with E-state index in [9.17, 15) is 4.79 Å². The van der Waals surface area contributed by atoms with E-state index in [4.69, 9.17) is 4.74 Å². The highest BCUT2D eigenvalue weighted by molar-refractivity contribution is 5.91. The lowest BCUT2D eigenvalue weighted by Crippen LogP contribution is -2.41. The number of hydrogen-bond donors (Lipinski definition) is 1. The molecular weight excluding hydrogens is 368 g/mol. The third kappa shape index (κ3) is 4.48. The zero-order valence-corrected chi connectivity index (χ0v) is 16.2. The number of hydrogen-bond acceptors (Lipinski definition) is 7. The van der Waals surface area contributed by atoms with Gasteiger partial charge in [-0.05, 0) is 43.2 Å². The molecule has 0 radical (unpaired) electrons.